The number of amides is 1. The molecule has 8 nitrogen and oxygen atoms in total. The molecule has 8 heteroatoms. The summed E-state index contributed by atoms with van der Waals surface area (Å²) < 4.78 is 0. The van der Waals surface area contributed by atoms with Crippen LogP contribution in [0.4, 0.5) is 0 Å². The summed E-state index contributed by atoms with van der Waals surface area (Å²) in [7, 11) is 0. The van der Waals surface area contributed by atoms with Crippen LogP contribution in [0.3, 0.4) is 0 Å². The number of carbonyl (C=O) groups excluding carboxylic acids is 1. The predicted octanol–water partition coefficient (Wildman–Crippen LogP) is 1.13. The van der Waals surface area contributed by atoms with Crippen LogP contribution in [0.1, 0.15) is 47.4 Å². The van der Waals surface area contributed by atoms with Gasteiger partial charge in [-0.15, -0.1) is 5.10 Å². The van der Waals surface area contributed by atoms with Crippen molar-refractivity contribution in [2.45, 2.75) is 32.1 Å². The molecule has 2 aromatic rings. The SMILES string of the molecule is CCC[C@H](C(=O)O)[C@H](Cc1ccccc1C(N)=O)c1nnn[nH]1. The lowest BCUT2D eigenvalue weighted by Crippen LogP contribution is -2.26. The Balaban J connectivity index is 2.39. The van der Waals surface area contributed by atoms with E-state index in [4.69, 9.17) is 5.73 Å². The van der Waals surface area contributed by atoms with Crippen molar-refractivity contribution in [3.05, 3.63) is 41.2 Å². The number of hydrogen-bond acceptors (Lipinski definition) is 5. The number of nitrogens with zero attached hydrogens (tertiary/aromatic N) is 3. The Morgan fingerprint density at radius 2 is 2.09 bits per heavy atom. The van der Waals surface area contributed by atoms with Gasteiger partial charge < -0.3 is 10.8 Å². The highest BCUT2D eigenvalue weighted by Crippen LogP contribution is 2.30. The number of tetrazole rings is 1. The van der Waals surface area contributed by atoms with Gasteiger partial charge in [0.15, 0.2) is 5.82 Å². The number of primary amides is 1. The average Bonchev–Trinajstić information content (AvgIpc) is 3.05. The van der Waals surface area contributed by atoms with Crippen molar-refractivity contribution in [2.75, 3.05) is 0 Å². The summed E-state index contributed by atoms with van der Waals surface area (Å²) in [5.41, 5.74) is 6.46. The number of carbonyl (C=O) groups is 2. The van der Waals surface area contributed by atoms with Gasteiger partial charge in [-0.05, 0) is 34.9 Å². The Labute approximate surface area is 133 Å². The van der Waals surface area contributed by atoms with Gasteiger partial charge in [-0.25, -0.2) is 5.10 Å². The van der Waals surface area contributed by atoms with Gasteiger partial charge in [0.25, 0.3) is 0 Å². The van der Waals surface area contributed by atoms with E-state index in [2.05, 4.69) is 20.6 Å². The summed E-state index contributed by atoms with van der Waals surface area (Å²) >= 11 is 0. The molecule has 0 saturated heterocycles. The number of carboxylic acids is 1. The molecule has 0 unspecified atom stereocenters. The van der Waals surface area contributed by atoms with Crippen molar-refractivity contribution >= 4 is 11.9 Å². The molecule has 1 aromatic heterocycles. The predicted molar refractivity (Wildman–Crippen MR) is 81.6 cm³/mol. The molecule has 23 heavy (non-hydrogen) atoms. The number of benzene rings is 1. The van der Waals surface area contributed by atoms with Crippen LogP contribution in [0, 0.1) is 5.92 Å². The minimum absolute atomic E-state index is 0.312. The molecule has 2 atom stereocenters. The first-order chi connectivity index (χ1) is 11.0. The van der Waals surface area contributed by atoms with Crippen LogP contribution < -0.4 is 5.73 Å². The van der Waals surface area contributed by atoms with Gasteiger partial charge in [0.05, 0.1) is 5.92 Å². The third-order valence-corrected chi connectivity index (χ3v) is 3.84. The highest BCUT2D eigenvalue weighted by atomic mass is 16.4. The summed E-state index contributed by atoms with van der Waals surface area (Å²) in [4.78, 5) is 23.2. The van der Waals surface area contributed by atoms with Crippen molar-refractivity contribution in [1.29, 1.82) is 0 Å². The van der Waals surface area contributed by atoms with Crippen LogP contribution in [-0.2, 0) is 11.2 Å². The van der Waals surface area contributed by atoms with Crippen molar-refractivity contribution in [3.63, 3.8) is 0 Å². The molecule has 0 aliphatic carbocycles. The van der Waals surface area contributed by atoms with Crippen LogP contribution in [0.15, 0.2) is 24.3 Å². The van der Waals surface area contributed by atoms with E-state index in [-0.39, 0.29) is 0 Å². The van der Waals surface area contributed by atoms with Crippen molar-refractivity contribution < 1.29 is 14.7 Å². The topological polar surface area (TPSA) is 135 Å². The fourth-order valence-corrected chi connectivity index (χ4v) is 2.74. The number of aromatic amines is 1. The van der Waals surface area contributed by atoms with E-state index in [0.29, 0.717) is 36.2 Å². The minimum Gasteiger partial charge on any atom is -0.481 e. The molecule has 122 valence electrons. The first-order valence-corrected chi connectivity index (χ1v) is 7.38. The molecule has 0 saturated carbocycles. The average molecular weight is 317 g/mol. The summed E-state index contributed by atoms with van der Waals surface area (Å²) in [5.74, 6) is -2.19. The highest BCUT2D eigenvalue weighted by molar-refractivity contribution is 5.94. The molecule has 0 fully saturated rings. The lowest BCUT2D eigenvalue weighted by molar-refractivity contribution is -0.142. The van der Waals surface area contributed by atoms with Crippen molar-refractivity contribution in [2.24, 2.45) is 11.7 Å². The minimum atomic E-state index is -0.912. The maximum Gasteiger partial charge on any atom is 0.307 e. The fourth-order valence-electron chi connectivity index (χ4n) is 2.74. The van der Waals surface area contributed by atoms with Gasteiger partial charge in [0.1, 0.15) is 0 Å². The molecule has 0 bridgehead atoms. The highest BCUT2D eigenvalue weighted by Gasteiger charge is 2.32. The van der Waals surface area contributed by atoms with Crippen LogP contribution in [0.25, 0.3) is 0 Å². The van der Waals surface area contributed by atoms with Crippen LogP contribution >= 0.6 is 0 Å². The third kappa shape index (κ3) is 3.91. The molecule has 0 aliphatic rings. The number of nitrogens with one attached hydrogen (secondary N) is 1. The summed E-state index contributed by atoms with van der Waals surface area (Å²) in [6.45, 7) is 1.92. The van der Waals surface area contributed by atoms with Crippen LogP contribution in [0.2, 0.25) is 0 Å². The first-order valence-electron chi connectivity index (χ1n) is 7.38. The van der Waals surface area contributed by atoms with E-state index in [1.807, 2.05) is 6.92 Å². The molecule has 0 radical (unpaired) electrons. The molecule has 1 heterocycles. The van der Waals surface area contributed by atoms with Crippen molar-refractivity contribution in [3.8, 4) is 0 Å². The van der Waals surface area contributed by atoms with Gasteiger partial charge >= 0.3 is 5.97 Å². The lowest BCUT2D eigenvalue weighted by atomic mass is 9.82. The molecule has 2 rings (SSSR count). The molecule has 4 N–H and O–H groups in total. The van der Waals surface area contributed by atoms with Gasteiger partial charge in [0, 0.05) is 11.5 Å². The maximum atomic E-state index is 11.7. The Morgan fingerprint density at radius 3 is 2.65 bits per heavy atom. The zero-order valence-electron chi connectivity index (χ0n) is 12.8. The Bertz CT molecular complexity index is 672. The second-order valence-corrected chi connectivity index (χ2v) is 5.35. The number of aliphatic carboxylic acids is 1. The molecular formula is C15H19N5O3. The molecular weight excluding hydrogens is 298 g/mol. The normalized spacial score (nSPS) is 13.4. The smallest absolute Gasteiger partial charge is 0.307 e. The lowest BCUT2D eigenvalue weighted by Gasteiger charge is -2.22. The molecule has 0 aliphatic heterocycles. The number of H-pyrrole nitrogens is 1. The van der Waals surface area contributed by atoms with Gasteiger partial charge in [-0.2, -0.15) is 0 Å². The van der Waals surface area contributed by atoms with Crippen molar-refractivity contribution in [1.82, 2.24) is 20.6 Å². The zero-order chi connectivity index (χ0) is 16.8. The number of rotatable bonds is 8. The third-order valence-electron chi connectivity index (χ3n) is 3.84. The van der Waals surface area contributed by atoms with E-state index < -0.39 is 23.7 Å². The zero-order valence-corrected chi connectivity index (χ0v) is 12.8. The maximum absolute atomic E-state index is 11.7. The monoisotopic (exact) mass is 317 g/mol. The summed E-state index contributed by atoms with van der Waals surface area (Å²) in [6.07, 6.45) is 1.51. The van der Waals surface area contributed by atoms with Gasteiger partial charge in [0.2, 0.25) is 5.91 Å². The number of hydrogen-bond donors (Lipinski definition) is 3. The number of nitrogens with two attached hydrogens (primary N) is 1. The Morgan fingerprint density at radius 1 is 1.35 bits per heavy atom. The van der Waals surface area contributed by atoms with E-state index in [0.717, 1.165) is 0 Å². The summed E-state index contributed by atoms with van der Waals surface area (Å²) in [6, 6.07) is 6.90. The summed E-state index contributed by atoms with van der Waals surface area (Å²) in [5, 5.41) is 23.2. The number of aromatic nitrogens is 4. The van der Waals surface area contributed by atoms with Crippen LogP contribution in [0.5, 0.6) is 0 Å². The molecule has 0 spiro atoms. The number of carboxylic acid groups (broad SMARTS) is 1. The first kappa shape index (κ1) is 16.6. The second-order valence-electron chi connectivity index (χ2n) is 5.35. The quantitative estimate of drug-likeness (QED) is 0.668. The van der Waals surface area contributed by atoms with Gasteiger partial charge in [-0.3, -0.25) is 9.59 Å². The standard InChI is InChI=1S/C15H19N5O3/c1-2-5-11(15(22)23)12(14-17-19-20-18-14)8-9-6-3-4-7-10(9)13(16)21/h3-4,6-7,11-12H,2,5,8H2,1H3,(H2,16,21)(H,22,23)(H,17,18,19,20)/t11-,12-/m0/s1. The van der Waals surface area contributed by atoms with Crippen LogP contribution in [-0.4, -0.2) is 37.6 Å². The Kier molecular flexibility index (Phi) is 5.40. The Hall–Kier alpha value is -2.77. The fraction of sp³-hybridized carbons (Fsp3) is 0.400. The molecule has 1 aromatic carbocycles. The van der Waals surface area contributed by atoms with E-state index >= 15 is 0 Å². The second kappa shape index (κ2) is 7.48. The van der Waals surface area contributed by atoms with Gasteiger partial charge in [-0.1, -0.05) is 31.5 Å². The largest absolute Gasteiger partial charge is 0.481 e. The molecule has 1 amide bonds. The van der Waals surface area contributed by atoms with E-state index in [9.17, 15) is 14.7 Å². The van der Waals surface area contributed by atoms with E-state index in [1.54, 1.807) is 24.3 Å². The van der Waals surface area contributed by atoms with E-state index in [1.165, 1.54) is 0 Å².